The number of nitrogens with one attached hydrogen (secondary N) is 2. The summed E-state index contributed by atoms with van der Waals surface area (Å²) in [5, 5.41) is 12.0. The van der Waals surface area contributed by atoms with Crippen molar-refractivity contribution in [3.05, 3.63) is 52.6 Å². The summed E-state index contributed by atoms with van der Waals surface area (Å²) in [5.74, 6) is -0.132. The Labute approximate surface area is 144 Å². The number of anilines is 1. The van der Waals surface area contributed by atoms with Crippen molar-refractivity contribution in [2.75, 3.05) is 11.9 Å². The molecule has 0 unspecified atom stereocenters. The van der Waals surface area contributed by atoms with Crippen LogP contribution in [-0.4, -0.2) is 32.0 Å². The van der Waals surface area contributed by atoms with E-state index < -0.39 is 5.97 Å². The predicted molar refractivity (Wildman–Crippen MR) is 96.0 cm³/mol. The third-order valence-electron chi connectivity index (χ3n) is 4.03. The van der Waals surface area contributed by atoms with Crippen molar-refractivity contribution in [3.63, 3.8) is 0 Å². The number of carboxylic acids is 1. The van der Waals surface area contributed by atoms with Gasteiger partial charge in [-0.3, -0.25) is 14.0 Å². The van der Waals surface area contributed by atoms with E-state index in [0.29, 0.717) is 30.0 Å². The topological polar surface area (TPSA) is 99.5 Å². The summed E-state index contributed by atoms with van der Waals surface area (Å²) < 4.78 is 1.89. The van der Waals surface area contributed by atoms with Crippen LogP contribution in [0.1, 0.15) is 25.3 Å². The molecular weight excluding hydrogens is 320 g/mol. The van der Waals surface area contributed by atoms with Crippen LogP contribution in [0.25, 0.3) is 16.9 Å². The SMILES string of the molecule is CCc1ccn2c(NCCCC(=O)O)c(-c3ccc[nH]c3=O)nc2c1. The van der Waals surface area contributed by atoms with Crippen LogP contribution in [0.4, 0.5) is 5.82 Å². The first-order chi connectivity index (χ1) is 12.1. The zero-order valence-corrected chi connectivity index (χ0v) is 14.0. The number of imidazole rings is 1. The number of hydrogen-bond donors (Lipinski definition) is 3. The molecule has 0 radical (unpaired) electrons. The average Bonchev–Trinajstić information content (AvgIpc) is 2.96. The van der Waals surface area contributed by atoms with Gasteiger partial charge < -0.3 is 15.4 Å². The summed E-state index contributed by atoms with van der Waals surface area (Å²) in [6, 6.07) is 7.48. The number of hydrogen-bond acceptors (Lipinski definition) is 4. The molecule has 0 aliphatic carbocycles. The fraction of sp³-hybridized carbons (Fsp3) is 0.278. The molecule has 0 saturated carbocycles. The number of aromatic amines is 1. The van der Waals surface area contributed by atoms with Crippen LogP contribution in [-0.2, 0) is 11.2 Å². The molecule has 0 bridgehead atoms. The largest absolute Gasteiger partial charge is 0.481 e. The predicted octanol–water partition coefficient (Wildman–Crippen LogP) is 2.53. The lowest BCUT2D eigenvalue weighted by atomic mass is 10.2. The van der Waals surface area contributed by atoms with Crippen LogP contribution in [0.3, 0.4) is 0 Å². The maximum Gasteiger partial charge on any atom is 0.303 e. The molecule has 130 valence electrons. The monoisotopic (exact) mass is 340 g/mol. The second-order valence-corrected chi connectivity index (χ2v) is 5.76. The smallest absolute Gasteiger partial charge is 0.303 e. The van der Waals surface area contributed by atoms with Gasteiger partial charge in [0.2, 0.25) is 0 Å². The molecule has 3 N–H and O–H groups in total. The Kier molecular flexibility index (Phi) is 4.83. The summed E-state index contributed by atoms with van der Waals surface area (Å²) >= 11 is 0. The Bertz CT molecular complexity index is 958. The van der Waals surface area contributed by atoms with Crippen molar-refractivity contribution in [2.24, 2.45) is 0 Å². The molecule has 7 heteroatoms. The maximum absolute atomic E-state index is 12.2. The lowest BCUT2D eigenvalue weighted by Crippen LogP contribution is -2.11. The molecule has 3 rings (SSSR count). The summed E-state index contributed by atoms with van der Waals surface area (Å²) in [6.45, 7) is 2.55. The van der Waals surface area contributed by atoms with Gasteiger partial charge in [0.25, 0.3) is 5.56 Å². The van der Waals surface area contributed by atoms with Gasteiger partial charge in [-0.25, -0.2) is 4.98 Å². The van der Waals surface area contributed by atoms with E-state index in [1.54, 1.807) is 18.3 Å². The van der Waals surface area contributed by atoms with E-state index in [-0.39, 0.29) is 12.0 Å². The summed E-state index contributed by atoms with van der Waals surface area (Å²) in [7, 11) is 0. The number of carboxylic acid groups (broad SMARTS) is 1. The Morgan fingerprint density at radius 1 is 1.40 bits per heavy atom. The van der Waals surface area contributed by atoms with Gasteiger partial charge in [0.05, 0.1) is 5.56 Å². The molecule has 3 aromatic heterocycles. The normalized spacial score (nSPS) is 10.9. The molecule has 0 aliphatic heterocycles. The van der Waals surface area contributed by atoms with Crippen molar-refractivity contribution in [1.29, 1.82) is 0 Å². The van der Waals surface area contributed by atoms with Crippen molar-refractivity contribution in [2.45, 2.75) is 26.2 Å². The number of pyridine rings is 2. The zero-order chi connectivity index (χ0) is 17.8. The van der Waals surface area contributed by atoms with Gasteiger partial charge >= 0.3 is 5.97 Å². The minimum atomic E-state index is -0.827. The zero-order valence-electron chi connectivity index (χ0n) is 14.0. The molecule has 0 saturated heterocycles. The summed E-state index contributed by atoms with van der Waals surface area (Å²) in [4.78, 5) is 30.2. The van der Waals surface area contributed by atoms with Crippen molar-refractivity contribution in [1.82, 2.24) is 14.4 Å². The van der Waals surface area contributed by atoms with Crippen LogP contribution in [0, 0.1) is 0 Å². The number of fused-ring (bicyclic) bond motifs is 1. The van der Waals surface area contributed by atoms with E-state index >= 15 is 0 Å². The molecule has 0 spiro atoms. The third-order valence-corrected chi connectivity index (χ3v) is 4.03. The highest BCUT2D eigenvalue weighted by atomic mass is 16.4. The number of carbonyl (C=O) groups is 1. The van der Waals surface area contributed by atoms with Crippen LogP contribution in [0.5, 0.6) is 0 Å². The molecule has 0 amide bonds. The quantitative estimate of drug-likeness (QED) is 0.574. The van der Waals surface area contributed by atoms with Gasteiger partial charge in [0, 0.05) is 25.4 Å². The van der Waals surface area contributed by atoms with E-state index in [2.05, 4.69) is 22.2 Å². The second kappa shape index (κ2) is 7.21. The summed E-state index contributed by atoms with van der Waals surface area (Å²) in [5.41, 5.74) is 2.73. The Balaban J connectivity index is 2.04. The van der Waals surface area contributed by atoms with Crippen LogP contribution >= 0.6 is 0 Å². The molecule has 7 nitrogen and oxygen atoms in total. The number of rotatable bonds is 7. The highest BCUT2D eigenvalue weighted by molar-refractivity contribution is 5.76. The van der Waals surface area contributed by atoms with E-state index in [1.165, 1.54) is 0 Å². The first-order valence-corrected chi connectivity index (χ1v) is 8.25. The van der Waals surface area contributed by atoms with Gasteiger partial charge in [-0.1, -0.05) is 6.92 Å². The number of H-pyrrole nitrogens is 1. The number of aliphatic carboxylic acids is 1. The minimum absolute atomic E-state index is 0.0883. The lowest BCUT2D eigenvalue weighted by molar-refractivity contribution is -0.137. The van der Waals surface area contributed by atoms with Crippen LogP contribution in [0.2, 0.25) is 0 Å². The van der Waals surface area contributed by atoms with Gasteiger partial charge in [0.1, 0.15) is 17.2 Å². The fourth-order valence-corrected chi connectivity index (χ4v) is 2.72. The molecule has 0 atom stereocenters. The Morgan fingerprint density at radius 2 is 2.24 bits per heavy atom. The van der Waals surface area contributed by atoms with E-state index in [1.807, 2.05) is 22.7 Å². The van der Waals surface area contributed by atoms with Gasteiger partial charge in [-0.05, 0) is 42.7 Å². The number of aryl methyl sites for hydroxylation is 1. The first-order valence-electron chi connectivity index (χ1n) is 8.25. The highest BCUT2D eigenvalue weighted by Gasteiger charge is 2.16. The number of nitrogens with zero attached hydrogens (tertiary/aromatic N) is 2. The lowest BCUT2D eigenvalue weighted by Gasteiger charge is -2.08. The van der Waals surface area contributed by atoms with Crippen molar-refractivity contribution in [3.8, 4) is 11.3 Å². The van der Waals surface area contributed by atoms with Gasteiger partial charge in [-0.2, -0.15) is 0 Å². The van der Waals surface area contributed by atoms with Gasteiger partial charge in [-0.15, -0.1) is 0 Å². The molecule has 0 aliphatic rings. The van der Waals surface area contributed by atoms with Crippen molar-refractivity contribution < 1.29 is 9.90 Å². The molecule has 3 aromatic rings. The highest BCUT2D eigenvalue weighted by Crippen LogP contribution is 2.27. The third kappa shape index (κ3) is 3.55. The molecule has 3 heterocycles. The molecule has 0 fully saturated rings. The second-order valence-electron chi connectivity index (χ2n) is 5.76. The standard InChI is InChI=1S/C18H20N4O3/c1-2-12-7-10-22-14(11-12)21-16(13-5-3-9-20-18(13)25)17(22)19-8-4-6-15(23)24/h3,5,7,9-11,19H,2,4,6,8H2,1H3,(H,20,25)(H,23,24). The van der Waals surface area contributed by atoms with E-state index in [9.17, 15) is 9.59 Å². The van der Waals surface area contributed by atoms with Gasteiger partial charge in [0.15, 0.2) is 0 Å². The minimum Gasteiger partial charge on any atom is -0.481 e. The Hall–Kier alpha value is -3.09. The molecular formula is C18H20N4O3. The Morgan fingerprint density at radius 3 is 2.96 bits per heavy atom. The van der Waals surface area contributed by atoms with E-state index in [4.69, 9.17) is 5.11 Å². The first kappa shape index (κ1) is 16.8. The van der Waals surface area contributed by atoms with E-state index in [0.717, 1.165) is 17.6 Å². The van der Waals surface area contributed by atoms with Crippen LogP contribution < -0.4 is 10.9 Å². The molecule has 0 aromatic carbocycles. The maximum atomic E-state index is 12.2. The average molecular weight is 340 g/mol. The number of aromatic nitrogens is 3. The molecule has 25 heavy (non-hydrogen) atoms. The van der Waals surface area contributed by atoms with Crippen LogP contribution in [0.15, 0.2) is 41.5 Å². The summed E-state index contributed by atoms with van der Waals surface area (Å²) in [6.07, 6.45) is 4.97. The fourth-order valence-electron chi connectivity index (χ4n) is 2.72. The van der Waals surface area contributed by atoms with Crippen molar-refractivity contribution >= 4 is 17.4 Å².